The number of nitrogens with zero attached hydrogens (tertiary/aromatic N) is 2. The van der Waals surface area contributed by atoms with E-state index in [1.807, 2.05) is 7.05 Å². The fraction of sp³-hybridized carbons (Fsp3) is 0.769. The number of rotatable bonds is 4. The Bertz CT molecular complexity index is 354. The molecule has 0 saturated carbocycles. The Labute approximate surface area is 98.3 Å². The fourth-order valence-electron chi connectivity index (χ4n) is 2.59. The number of hydrogen-bond donors (Lipinski definition) is 1. The molecular weight excluding hydrogens is 198 g/mol. The highest BCUT2D eigenvalue weighted by atomic mass is 15.1. The second-order valence-corrected chi connectivity index (χ2v) is 4.95. The van der Waals surface area contributed by atoms with Crippen LogP contribution in [0.4, 0.5) is 0 Å². The maximum atomic E-state index is 4.81. The number of nitrogens with one attached hydrogen (secondary N) is 1. The van der Waals surface area contributed by atoms with E-state index in [4.69, 9.17) is 4.98 Å². The molecule has 3 heteroatoms. The highest BCUT2D eigenvalue weighted by molar-refractivity contribution is 5.20. The monoisotopic (exact) mass is 221 g/mol. The molecule has 1 unspecified atom stereocenters. The fourth-order valence-corrected chi connectivity index (χ4v) is 2.59. The maximum Gasteiger partial charge on any atom is 0.109 e. The van der Waals surface area contributed by atoms with Crippen LogP contribution in [0.25, 0.3) is 0 Å². The molecule has 2 rings (SSSR count). The molecule has 2 heterocycles. The molecule has 0 fully saturated rings. The van der Waals surface area contributed by atoms with Gasteiger partial charge in [-0.15, -0.1) is 0 Å². The molecule has 0 aromatic carbocycles. The van der Waals surface area contributed by atoms with E-state index in [1.54, 1.807) is 0 Å². The first-order valence-electron chi connectivity index (χ1n) is 6.48. The summed E-state index contributed by atoms with van der Waals surface area (Å²) in [4.78, 5) is 4.81. The minimum absolute atomic E-state index is 0.814. The van der Waals surface area contributed by atoms with Crippen molar-refractivity contribution >= 4 is 0 Å². The lowest BCUT2D eigenvalue weighted by molar-refractivity contribution is 0.406. The Kier molecular flexibility index (Phi) is 3.64. The van der Waals surface area contributed by atoms with E-state index in [0.717, 1.165) is 18.9 Å². The SMILES string of the molecule is CCCc1nc(CNC)c2n1CCC(C)C2. The topological polar surface area (TPSA) is 29.9 Å². The van der Waals surface area contributed by atoms with Gasteiger partial charge in [0.25, 0.3) is 0 Å². The van der Waals surface area contributed by atoms with E-state index in [9.17, 15) is 0 Å². The first-order valence-corrected chi connectivity index (χ1v) is 6.48. The molecule has 0 bridgehead atoms. The van der Waals surface area contributed by atoms with Crippen molar-refractivity contribution in [1.29, 1.82) is 0 Å². The highest BCUT2D eigenvalue weighted by Crippen LogP contribution is 2.25. The van der Waals surface area contributed by atoms with Crippen LogP contribution in [0.5, 0.6) is 0 Å². The third-order valence-electron chi connectivity index (χ3n) is 3.44. The summed E-state index contributed by atoms with van der Waals surface area (Å²) in [5, 5.41) is 3.23. The number of aryl methyl sites for hydroxylation is 1. The second kappa shape index (κ2) is 5.00. The zero-order valence-corrected chi connectivity index (χ0v) is 10.7. The Balaban J connectivity index is 2.32. The van der Waals surface area contributed by atoms with E-state index in [-0.39, 0.29) is 0 Å². The van der Waals surface area contributed by atoms with Gasteiger partial charge in [0, 0.05) is 25.2 Å². The largest absolute Gasteiger partial charge is 0.332 e. The van der Waals surface area contributed by atoms with Crippen molar-refractivity contribution in [2.45, 2.75) is 52.6 Å². The van der Waals surface area contributed by atoms with Crippen LogP contribution in [0.1, 0.15) is 43.9 Å². The van der Waals surface area contributed by atoms with Crippen LogP contribution >= 0.6 is 0 Å². The lowest BCUT2D eigenvalue weighted by atomic mass is 9.97. The van der Waals surface area contributed by atoms with Crippen molar-refractivity contribution in [2.24, 2.45) is 5.92 Å². The minimum Gasteiger partial charge on any atom is -0.332 e. The van der Waals surface area contributed by atoms with Gasteiger partial charge in [-0.05, 0) is 32.2 Å². The van der Waals surface area contributed by atoms with E-state index in [0.29, 0.717) is 0 Å². The molecule has 1 N–H and O–H groups in total. The third-order valence-corrected chi connectivity index (χ3v) is 3.44. The average molecular weight is 221 g/mol. The first-order chi connectivity index (χ1) is 7.76. The van der Waals surface area contributed by atoms with Crippen molar-refractivity contribution in [3.8, 4) is 0 Å². The Morgan fingerprint density at radius 2 is 2.31 bits per heavy atom. The molecular formula is C13H23N3. The van der Waals surface area contributed by atoms with E-state index >= 15 is 0 Å². The second-order valence-electron chi connectivity index (χ2n) is 4.95. The Hall–Kier alpha value is -0.830. The molecule has 0 saturated heterocycles. The molecule has 0 aliphatic carbocycles. The first kappa shape index (κ1) is 11.6. The van der Waals surface area contributed by atoms with Crippen LogP contribution < -0.4 is 5.32 Å². The van der Waals surface area contributed by atoms with Crippen LogP contribution in [0.2, 0.25) is 0 Å². The van der Waals surface area contributed by atoms with Crippen molar-refractivity contribution < 1.29 is 0 Å². The minimum atomic E-state index is 0.814. The molecule has 16 heavy (non-hydrogen) atoms. The van der Waals surface area contributed by atoms with Crippen LogP contribution in [0, 0.1) is 5.92 Å². The van der Waals surface area contributed by atoms with Crippen molar-refractivity contribution in [2.75, 3.05) is 7.05 Å². The zero-order chi connectivity index (χ0) is 11.5. The number of fused-ring (bicyclic) bond motifs is 1. The third kappa shape index (κ3) is 2.14. The standard InChI is InChI=1S/C13H23N3/c1-4-5-13-15-11(9-14-3)12-8-10(2)6-7-16(12)13/h10,14H,4-9H2,1-3H3. The molecule has 1 aliphatic heterocycles. The van der Waals surface area contributed by atoms with Gasteiger partial charge in [-0.1, -0.05) is 13.8 Å². The zero-order valence-electron chi connectivity index (χ0n) is 10.7. The lowest BCUT2D eigenvalue weighted by Crippen LogP contribution is -2.20. The quantitative estimate of drug-likeness (QED) is 0.844. The normalized spacial score (nSPS) is 19.8. The summed E-state index contributed by atoms with van der Waals surface area (Å²) in [6, 6.07) is 0. The van der Waals surface area contributed by atoms with E-state index in [2.05, 4.69) is 23.7 Å². The molecule has 1 aromatic heterocycles. The van der Waals surface area contributed by atoms with E-state index < -0.39 is 0 Å². The molecule has 0 spiro atoms. The van der Waals surface area contributed by atoms with Gasteiger partial charge in [0.15, 0.2) is 0 Å². The lowest BCUT2D eigenvalue weighted by Gasteiger charge is -2.22. The smallest absolute Gasteiger partial charge is 0.109 e. The van der Waals surface area contributed by atoms with Crippen molar-refractivity contribution in [3.63, 3.8) is 0 Å². The molecule has 1 aliphatic rings. The number of imidazole rings is 1. The molecule has 0 amide bonds. The van der Waals surface area contributed by atoms with Gasteiger partial charge in [0.05, 0.1) is 5.69 Å². The average Bonchev–Trinajstić information content (AvgIpc) is 2.58. The van der Waals surface area contributed by atoms with Gasteiger partial charge in [0.1, 0.15) is 5.82 Å². The summed E-state index contributed by atoms with van der Waals surface area (Å²) in [6.07, 6.45) is 4.81. The van der Waals surface area contributed by atoms with Crippen molar-refractivity contribution in [1.82, 2.24) is 14.9 Å². The molecule has 1 aromatic rings. The highest BCUT2D eigenvalue weighted by Gasteiger charge is 2.22. The molecule has 1 atom stereocenters. The Morgan fingerprint density at radius 3 is 3.00 bits per heavy atom. The van der Waals surface area contributed by atoms with E-state index in [1.165, 1.54) is 43.0 Å². The predicted octanol–water partition coefficient (Wildman–Crippen LogP) is 2.14. The summed E-state index contributed by atoms with van der Waals surface area (Å²) >= 11 is 0. The molecule has 90 valence electrons. The van der Waals surface area contributed by atoms with Gasteiger partial charge in [-0.3, -0.25) is 0 Å². The molecule has 0 radical (unpaired) electrons. The maximum absolute atomic E-state index is 4.81. The summed E-state index contributed by atoms with van der Waals surface area (Å²) in [6.45, 7) is 6.65. The van der Waals surface area contributed by atoms with Gasteiger partial charge >= 0.3 is 0 Å². The number of aromatic nitrogens is 2. The van der Waals surface area contributed by atoms with Crippen LogP contribution in [-0.4, -0.2) is 16.6 Å². The summed E-state index contributed by atoms with van der Waals surface area (Å²) < 4.78 is 2.47. The van der Waals surface area contributed by atoms with Gasteiger partial charge in [-0.2, -0.15) is 0 Å². The van der Waals surface area contributed by atoms with Gasteiger partial charge < -0.3 is 9.88 Å². The van der Waals surface area contributed by atoms with Gasteiger partial charge in [0.2, 0.25) is 0 Å². The van der Waals surface area contributed by atoms with Crippen LogP contribution in [-0.2, 0) is 25.9 Å². The van der Waals surface area contributed by atoms with Crippen LogP contribution in [0.15, 0.2) is 0 Å². The van der Waals surface area contributed by atoms with Crippen LogP contribution in [0.3, 0.4) is 0 Å². The van der Waals surface area contributed by atoms with Crippen molar-refractivity contribution in [3.05, 3.63) is 17.2 Å². The molecule has 3 nitrogen and oxygen atoms in total. The predicted molar refractivity (Wildman–Crippen MR) is 66.5 cm³/mol. The van der Waals surface area contributed by atoms with Gasteiger partial charge in [-0.25, -0.2) is 4.98 Å². The summed E-state index contributed by atoms with van der Waals surface area (Å²) in [5.41, 5.74) is 2.76. The summed E-state index contributed by atoms with van der Waals surface area (Å²) in [7, 11) is 2.00. The number of hydrogen-bond acceptors (Lipinski definition) is 2. The Morgan fingerprint density at radius 1 is 1.50 bits per heavy atom. The summed E-state index contributed by atoms with van der Waals surface area (Å²) in [5.74, 6) is 2.11.